The first-order chi connectivity index (χ1) is 10.8. The van der Waals surface area contributed by atoms with E-state index < -0.39 is 0 Å². The average molecular weight is 312 g/mol. The third-order valence-electron chi connectivity index (χ3n) is 5.14. The molecule has 3 rings (SSSR count). The maximum Gasteiger partial charge on any atom is 0.146 e. The number of hydrogen-bond acceptors (Lipinski definition) is 3. The lowest BCUT2D eigenvalue weighted by molar-refractivity contribution is -0.0565. The molecule has 1 spiro atoms. The van der Waals surface area contributed by atoms with Crippen LogP contribution in [0.25, 0.3) is 0 Å². The van der Waals surface area contributed by atoms with Crippen molar-refractivity contribution in [3.05, 3.63) is 47.7 Å². The van der Waals surface area contributed by atoms with Crippen LogP contribution >= 0.6 is 0 Å². The van der Waals surface area contributed by atoms with Crippen molar-refractivity contribution < 1.29 is 4.84 Å². The van der Waals surface area contributed by atoms with Gasteiger partial charge in [-0.05, 0) is 23.5 Å². The van der Waals surface area contributed by atoms with E-state index in [1.807, 2.05) is 0 Å². The number of oxime groups is 1. The monoisotopic (exact) mass is 312 g/mol. The second-order valence-electron chi connectivity index (χ2n) is 8.04. The Kier molecular flexibility index (Phi) is 3.99. The molecule has 1 aromatic rings. The molecule has 1 fully saturated rings. The molecule has 0 N–H and O–H groups in total. The Morgan fingerprint density at radius 3 is 2.30 bits per heavy atom. The third kappa shape index (κ3) is 3.29. The molecule has 1 saturated heterocycles. The summed E-state index contributed by atoms with van der Waals surface area (Å²) in [5.41, 5.74) is 4.88. The summed E-state index contributed by atoms with van der Waals surface area (Å²) in [6.45, 7) is 14.9. The molecule has 0 radical (unpaired) electrons. The van der Waals surface area contributed by atoms with Crippen molar-refractivity contribution in [2.75, 3.05) is 13.1 Å². The summed E-state index contributed by atoms with van der Waals surface area (Å²) in [5, 5.41) is 4.42. The molecule has 0 unspecified atom stereocenters. The minimum absolute atomic E-state index is 0.0933. The van der Waals surface area contributed by atoms with Crippen LogP contribution in [0, 0.1) is 0 Å². The number of likely N-dealkylation sites (tertiary alicyclic amines) is 1. The second-order valence-corrected chi connectivity index (χ2v) is 8.04. The zero-order valence-electron chi connectivity index (χ0n) is 14.9. The van der Waals surface area contributed by atoms with E-state index in [0.29, 0.717) is 0 Å². The SMILES string of the molecule is C=C(C)N1CCC2(CC1)CC(c1ccc(C(C)(C)C)cc1)=NO2. The Morgan fingerprint density at radius 1 is 1.17 bits per heavy atom. The quantitative estimate of drug-likeness (QED) is 0.804. The van der Waals surface area contributed by atoms with E-state index in [1.54, 1.807) is 0 Å². The number of rotatable bonds is 2. The molecule has 2 aliphatic rings. The predicted octanol–water partition coefficient (Wildman–Crippen LogP) is 4.48. The average Bonchev–Trinajstić information content (AvgIpc) is 2.91. The Labute approximate surface area is 140 Å². The Bertz CT molecular complexity index is 614. The molecule has 0 amide bonds. The van der Waals surface area contributed by atoms with E-state index in [2.05, 4.69) is 68.6 Å². The lowest BCUT2D eigenvalue weighted by atomic mass is 9.84. The summed E-state index contributed by atoms with van der Waals surface area (Å²) in [6, 6.07) is 8.80. The first-order valence-corrected chi connectivity index (χ1v) is 8.56. The maximum atomic E-state index is 5.91. The fourth-order valence-electron chi connectivity index (χ4n) is 3.40. The summed E-state index contributed by atoms with van der Waals surface area (Å²) >= 11 is 0. The lowest BCUT2D eigenvalue weighted by Crippen LogP contribution is -2.43. The normalized spacial score (nSPS) is 20.3. The van der Waals surface area contributed by atoms with Crippen LogP contribution < -0.4 is 0 Å². The molecule has 124 valence electrons. The van der Waals surface area contributed by atoms with Crippen molar-refractivity contribution in [1.29, 1.82) is 0 Å². The number of nitrogens with zero attached hydrogens (tertiary/aromatic N) is 2. The molecule has 1 aromatic carbocycles. The van der Waals surface area contributed by atoms with Gasteiger partial charge in [0.15, 0.2) is 0 Å². The van der Waals surface area contributed by atoms with Gasteiger partial charge in [-0.25, -0.2) is 0 Å². The molecule has 0 aliphatic carbocycles. The number of allylic oxidation sites excluding steroid dienone is 1. The molecular weight excluding hydrogens is 284 g/mol. The van der Waals surface area contributed by atoms with Crippen molar-refractivity contribution >= 4 is 5.71 Å². The number of piperidine rings is 1. The second kappa shape index (κ2) is 5.70. The van der Waals surface area contributed by atoms with Crippen LogP contribution in [0.4, 0.5) is 0 Å². The molecule has 0 aromatic heterocycles. The lowest BCUT2D eigenvalue weighted by Gasteiger charge is -2.38. The summed E-state index contributed by atoms with van der Waals surface area (Å²) in [4.78, 5) is 8.24. The highest BCUT2D eigenvalue weighted by atomic mass is 16.7. The minimum Gasteiger partial charge on any atom is -0.388 e. The number of benzene rings is 1. The van der Waals surface area contributed by atoms with Crippen LogP contribution in [0.15, 0.2) is 41.7 Å². The van der Waals surface area contributed by atoms with Crippen molar-refractivity contribution in [2.24, 2.45) is 5.16 Å². The van der Waals surface area contributed by atoms with Crippen LogP contribution in [-0.4, -0.2) is 29.3 Å². The number of hydrogen-bond donors (Lipinski definition) is 0. The zero-order chi connectivity index (χ0) is 16.7. The Balaban J connectivity index is 1.67. The first-order valence-electron chi connectivity index (χ1n) is 8.56. The molecule has 3 heteroatoms. The van der Waals surface area contributed by atoms with Crippen molar-refractivity contribution in [3.63, 3.8) is 0 Å². The van der Waals surface area contributed by atoms with Gasteiger partial charge in [0, 0.05) is 38.0 Å². The van der Waals surface area contributed by atoms with Crippen LogP contribution in [0.5, 0.6) is 0 Å². The highest BCUT2D eigenvalue weighted by molar-refractivity contribution is 6.01. The standard InChI is InChI=1S/C20H28N2O/c1-15(2)22-12-10-20(11-13-22)14-18(21-23-20)16-6-8-17(9-7-16)19(3,4)5/h6-9H,1,10-14H2,2-5H3. The summed E-state index contributed by atoms with van der Waals surface area (Å²) in [5.74, 6) is 0. The van der Waals surface area contributed by atoms with Crippen LogP contribution in [0.1, 0.15) is 58.1 Å². The molecule has 2 heterocycles. The zero-order valence-corrected chi connectivity index (χ0v) is 14.9. The summed E-state index contributed by atoms with van der Waals surface area (Å²) in [7, 11) is 0. The summed E-state index contributed by atoms with van der Waals surface area (Å²) < 4.78 is 0. The molecule has 3 nitrogen and oxygen atoms in total. The van der Waals surface area contributed by atoms with E-state index in [0.717, 1.165) is 43.8 Å². The van der Waals surface area contributed by atoms with E-state index in [4.69, 9.17) is 4.84 Å². The van der Waals surface area contributed by atoms with Crippen molar-refractivity contribution in [2.45, 2.75) is 58.0 Å². The molecule has 0 saturated carbocycles. The smallest absolute Gasteiger partial charge is 0.146 e. The van der Waals surface area contributed by atoms with Gasteiger partial charge in [0.2, 0.25) is 0 Å². The van der Waals surface area contributed by atoms with Crippen LogP contribution in [0.3, 0.4) is 0 Å². The van der Waals surface area contributed by atoms with Crippen LogP contribution in [0.2, 0.25) is 0 Å². The molecular formula is C20H28N2O. The summed E-state index contributed by atoms with van der Waals surface area (Å²) in [6.07, 6.45) is 2.96. The van der Waals surface area contributed by atoms with Gasteiger partial charge in [-0.2, -0.15) is 0 Å². The van der Waals surface area contributed by atoms with Gasteiger partial charge < -0.3 is 9.74 Å². The third-order valence-corrected chi connectivity index (χ3v) is 5.14. The van der Waals surface area contributed by atoms with E-state index in [-0.39, 0.29) is 11.0 Å². The molecule has 0 atom stereocenters. The van der Waals surface area contributed by atoms with Crippen molar-refractivity contribution in [1.82, 2.24) is 4.90 Å². The molecule has 2 aliphatic heterocycles. The largest absolute Gasteiger partial charge is 0.388 e. The van der Waals surface area contributed by atoms with E-state index >= 15 is 0 Å². The van der Waals surface area contributed by atoms with Gasteiger partial charge in [0.1, 0.15) is 5.60 Å². The predicted molar refractivity (Wildman–Crippen MR) is 95.7 cm³/mol. The molecule has 23 heavy (non-hydrogen) atoms. The Morgan fingerprint density at radius 2 is 1.78 bits per heavy atom. The fourth-order valence-corrected chi connectivity index (χ4v) is 3.40. The van der Waals surface area contributed by atoms with Gasteiger partial charge in [-0.1, -0.05) is 56.8 Å². The fraction of sp³-hybridized carbons (Fsp3) is 0.550. The van der Waals surface area contributed by atoms with Crippen molar-refractivity contribution in [3.8, 4) is 0 Å². The maximum absolute atomic E-state index is 5.91. The Hall–Kier alpha value is -1.77. The van der Waals surface area contributed by atoms with Gasteiger partial charge in [0.05, 0.1) is 5.71 Å². The topological polar surface area (TPSA) is 24.8 Å². The van der Waals surface area contributed by atoms with Gasteiger partial charge in [-0.15, -0.1) is 0 Å². The highest BCUT2D eigenvalue weighted by Crippen LogP contribution is 2.37. The van der Waals surface area contributed by atoms with E-state index in [9.17, 15) is 0 Å². The van der Waals surface area contributed by atoms with Gasteiger partial charge in [-0.3, -0.25) is 0 Å². The minimum atomic E-state index is -0.0933. The van der Waals surface area contributed by atoms with Gasteiger partial charge in [0.25, 0.3) is 0 Å². The highest BCUT2D eigenvalue weighted by Gasteiger charge is 2.42. The van der Waals surface area contributed by atoms with Gasteiger partial charge >= 0.3 is 0 Å². The van der Waals surface area contributed by atoms with Crippen LogP contribution in [-0.2, 0) is 10.3 Å². The van der Waals surface area contributed by atoms with E-state index in [1.165, 1.54) is 11.1 Å². The molecule has 0 bridgehead atoms. The first kappa shape index (κ1) is 16.1.